The van der Waals surface area contributed by atoms with Gasteiger partial charge in [0.2, 0.25) is 0 Å². The first-order valence-corrected chi connectivity index (χ1v) is 6.10. The first-order valence-electron chi connectivity index (χ1n) is 6.10. The van der Waals surface area contributed by atoms with E-state index >= 15 is 0 Å². The van der Waals surface area contributed by atoms with Crippen molar-refractivity contribution in [1.29, 1.82) is 0 Å². The van der Waals surface area contributed by atoms with Crippen LogP contribution < -0.4 is 5.32 Å². The Labute approximate surface area is 108 Å². The largest absolute Gasteiger partial charge is 0.481 e. The lowest BCUT2D eigenvalue weighted by atomic mass is 9.94. The molecule has 2 atom stereocenters. The number of aliphatic hydroxyl groups excluding tert-OH is 1. The van der Waals surface area contributed by atoms with Gasteiger partial charge in [-0.25, -0.2) is 0 Å². The van der Waals surface area contributed by atoms with Gasteiger partial charge >= 0.3 is 5.97 Å². The fraction of sp³-hybridized carbons (Fsp3) is 0.500. The average molecular weight is 251 g/mol. The lowest BCUT2D eigenvalue weighted by molar-refractivity contribution is -0.137. The molecular formula is C14H21NO3. The zero-order valence-electron chi connectivity index (χ0n) is 11.1. The molecule has 0 saturated carbocycles. The predicted molar refractivity (Wildman–Crippen MR) is 70.6 cm³/mol. The Morgan fingerprint density at radius 3 is 2.61 bits per heavy atom. The number of likely N-dealkylation sites (N-methyl/N-ethyl adjacent to an activating group) is 1. The highest BCUT2D eigenvalue weighted by Crippen LogP contribution is 2.24. The second-order valence-electron chi connectivity index (χ2n) is 4.63. The van der Waals surface area contributed by atoms with E-state index in [2.05, 4.69) is 5.32 Å². The molecule has 100 valence electrons. The number of hydrogen-bond acceptors (Lipinski definition) is 3. The van der Waals surface area contributed by atoms with Crippen LogP contribution in [0.3, 0.4) is 0 Å². The summed E-state index contributed by atoms with van der Waals surface area (Å²) < 4.78 is 0. The predicted octanol–water partition coefficient (Wildman–Crippen LogP) is 1.79. The second-order valence-corrected chi connectivity index (χ2v) is 4.63. The van der Waals surface area contributed by atoms with E-state index in [0.29, 0.717) is 6.42 Å². The summed E-state index contributed by atoms with van der Waals surface area (Å²) in [5.74, 6) is -0.844. The fourth-order valence-corrected chi connectivity index (χ4v) is 2.03. The highest BCUT2D eigenvalue weighted by molar-refractivity contribution is 5.66. The van der Waals surface area contributed by atoms with Crippen molar-refractivity contribution in [2.75, 3.05) is 7.05 Å². The maximum Gasteiger partial charge on any atom is 0.303 e. The van der Waals surface area contributed by atoms with Crippen LogP contribution in [0.15, 0.2) is 18.2 Å². The molecular weight excluding hydrogens is 230 g/mol. The number of hydrogen-bond donors (Lipinski definition) is 3. The highest BCUT2D eigenvalue weighted by atomic mass is 16.4. The number of aliphatic carboxylic acids is 1. The quantitative estimate of drug-likeness (QED) is 0.721. The number of nitrogens with one attached hydrogen (secondary N) is 1. The van der Waals surface area contributed by atoms with Crippen molar-refractivity contribution >= 4 is 5.97 Å². The number of carboxylic acids is 1. The molecule has 4 nitrogen and oxygen atoms in total. The molecule has 0 fully saturated rings. The molecule has 1 aromatic carbocycles. The zero-order valence-corrected chi connectivity index (χ0v) is 11.1. The normalized spacial score (nSPS) is 14.2. The monoisotopic (exact) mass is 251 g/mol. The summed E-state index contributed by atoms with van der Waals surface area (Å²) >= 11 is 0. The Morgan fingerprint density at radius 2 is 2.06 bits per heavy atom. The van der Waals surface area contributed by atoms with Crippen molar-refractivity contribution in [1.82, 2.24) is 5.32 Å². The summed E-state index contributed by atoms with van der Waals surface area (Å²) in [4.78, 5) is 10.6. The van der Waals surface area contributed by atoms with Crippen molar-refractivity contribution in [2.24, 2.45) is 0 Å². The van der Waals surface area contributed by atoms with Crippen LogP contribution >= 0.6 is 0 Å². The van der Waals surface area contributed by atoms with Crippen LogP contribution in [0.4, 0.5) is 0 Å². The Kier molecular flexibility index (Phi) is 5.31. The summed E-state index contributed by atoms with van der Waals surface area (Å²) in [7, 11) is 1.74. The molecule has 1 rings (SSSR count). The molecule has 0 aliphatic heterocycles. The number of aryl methyl sites for hydroxylation is 2. The first kappa shape index (κ1) is 14.7. The van der Waals surface area contributed by atoms with Crippen LogP contribution in [0.5, 0.6) is 0 Å². The van der Waals surface area contributed by atoms with Crippen molar-refractivity contribution in [2.45, 2.75) is 38.8 Å². The summed E-state index contributed by atoms with van der Waals surface area (Å²) in [6.45, 7) is 3.92. The van der Waals surface area contributed by atoms with Gasteiger partial charge in [0.1, 0.15) is 0 Å². The summed E-state index contributed by atoms with van der Waals surface area (Å²) in [6, 6.07) is 5.67. The van der Waals surface area contributed by atoms with Gasteiger partial charge in [-0.2, -0.15) is 0 Å². The first-order chi connectivity index (χ1) is 8.45. The van der Waals surface area contributed by atoms with Gasteiger partial charge in [0, 0.05) is 12.5 Å². The van der Waals surface area contributed by atoms with Crippen LogP contribution in [-0.4, -0.2) is 29.3 Å². The van der Waals surface area contributed by atoms with E-state index in [1.165, 1.54) is 0 Å². The standard InChI is InChI=1S/C14H21NO3/c1-9-4-5-10(2)11(8-9)14(18)12(15-3)6-7-13(16)17/h4-5,8,12,14-15,18H,6-7H2,1-3H3,(H,16,17). The molecule has 18 heavy (non-hydrogen) atoms. The van der Waals surface area contributed by atoms with Crippen molar-refractivity contribution in [3.63, 3.8) is 0 Å². The van der Waals surface area contributed by atoms with Crippen LogP contribution in [0.1, 0.15) is 35.6 Å². The van der Waals surface area contributed by atoms with E-state index in [1.54, 1.807) is 7.05 Å². The highest BCUT2D eigenvalue weighted by Gasteiger charge is 2.21. The minimum atomic E-state index is -0.844. The van der Waals surface area contributed by atoms with Gasteiger partial charge in [-0.1, -0.05) is 23.8 Å². The summed E-state index contributed by atoms with van der Waals surface area (Å²) in [5.41, 5.74) is 2.96. The van der Waals surface area contributed by atoms with Crippen LogP contribution in [0.2, 0.25) is 0 Å². The lowest BCUT2D eigenvalue weighted by Gasteiger charge is -2.24. The molecule has 0 heterocycles. The molecule has 0 aromatic heterocycles. The minimum absolute atomic E-state index is 0.0490. The zero-order chi connectivity index (χ0) is 13.7. The van der Waals surface area contributed by atoms with Gasteiger partial charge in [-0.05, 0) is 38.4 Å². The van der Waals surface area contributed by atoms with Crippen LogP contribution in [0, 0.1) is 13.8 Å². The Bertz CT molecular complexity index is 418. The number of carboxylic acid groups (broad SMARTS) is 1. The van der Waals surface area contributed by atoms with Crippen molar-refractivity contribution in [3.05, 3.63) is 34.9 Å². The third-order valence-corrected chi connectivity index (χ3v) is 3.17. The fourth-order valence-electron chi connectivity index (χ4n) is 2.03. The Morgan fingerprint density at radius 1 is 1.39 bits per heavy atom. The molecule has 3 N–H and O–H groups in total. The average Bonchev–Trinajstić information content (AvgIpc) is 2.32. The van der Waals surface area contributed by atoms with Gasteiger partial charge < -0.3 is 15.5 Å². The van der Waals surface area contributed by atoms with E-state index in [9.17, 15) is 9.90 Å². The van der Waals surface area contributed by atoms with Gasteiger partial charge in [-0.15, -0.1) is 0 Å². The van der Waals surface area contributed by atoms with E-state index in [-0.39, 0.29) is 12.5 Å². The number of rotatable bonds is 6. The molecule has 0 amide bonds. The molecule has 2 unspecified atom stereocenters. The molecule has 0 radical (unpaired) electrons. The van der Waals surface area contributed by atoms with E-state index in [0.717, 1.165) is 16.7 Å². The van der Waals surface area contributed by atoms with Gasteiger partial charge in [-0.3, -0.25) is 4.79 Å². The Balaban J connectivity index is 2.85. The molecule has 0 spiro atoms. The molecule has 0 aliphatic rings. The van der Waals surface area contributed by atoms with Crippen molar-refractivity contribution < 1.29 is 15.0 Å². The lowest BCUT2D eigenvalue weighted by Crippen LogP contribution is -2.33. The Hall–Kier alpha value is -1.39. The van der Waals surface area contributed by atoms with Crippen LogP contribution in [-0.2, 0) is 4.79 Å². The van der Waals surface area contributed by atoms with Crippen LogP contribution in [0.25, 0.3) is 0 Å². The topological polar surface area (TPSA) is 69.6 Å². The number of aliphatic hydroxyl groups is 1. The molecule has 0 aliphatic carbocycles. The number of benzene rings is 1. The smallest absolute Gasteiger partial charge is 0.303 e. The molecule has 0 bridgehead atoms. The molecule has 0 saturated heterocycles. The SMILES string of the molecule is CNC(CCC(=O)O)C(O)c1cc(C)ccc1C. The molecule has 4 heteroatoms. The maximum atomic E-state index is 10.6. The van der Waals surface area contributed by atoms with E-state index in [4.69, 9.17) is 5.11 Å². The van der Waals surface area contributed by atoms with E-state index in [1.807, 2.05) is 32.0 Å². The number of carbonyl (C=O) groups is 1. The third kappa shape index (κ3) is 3.82. The van der Waals surface area contributed by atoms with E-state index < -0.39 is 12.1 Å². The second kappa shape index (κ2) is 6.52. The van der Waals surface area contributed by atoms with Gasteiger partial charge in [0.05, 0.1) is 6.10 Å². The summed E-state index contributed by atoms with van der Waals surface area (Å²) in [5, 5.41) is 22.0. The van der Waals surface area contributed by atoms with Gasteiger partial charge in [0.15, 0.2) is 0 Å². The summed E-state index contributed by atoms with van der Waals surface area (Å²) in [6.07, 6.45) is -0.234. The van der Waals surface area contributed by atoms with Crippen molar-refractivity contribution in [3.8, 4) is 0 Å². The minimum Gasteiger partial charge on any atom is -0.481 e. The van der Waals surface area contributed by atoms with Gasteiger partial charge in [0.25, 0.3) is 0 Å². The molecule has 1 aromatic rings. The third-order valence-electron chi connectivity index (χ3n) is 3.17. The maximum absolute atomic E-state index is 10.6.